The van der Waals surface area contributed by atoms with Gasteiger partial charge in [0.1, 0.15) is 33.0 Å². The largest absolute Gasteiger partial charge is 0.487 e. The summed E-state index contributed by atoms with van der Waals surface area (Å²) in [6, 6.07) is 33.9. The fraction of sp³-hybridized carbons (Fsp3) is 0.265. The molecule has 0 bridgehead atoms. The third-order valence-electron chi connectivity index (χ3n) is 6.64. The van der Waals surface area contributed by atoms with Crippen LogP contribution in [0.3, 0.4) is 0 Å². The minimum Gasteiger partial charge on any atom is -0.487 e. The summed E-state index contributed by atoms with van der Waals surface area (Å²) in [5, 5.41) is 0. The lowest BCUT2D eigenvalue weighted by molar-refractivity contribution is -0.153. The molecule has 0 fully saturated rings. The van der Waals surface area contributed by atoms with Gasteiger partial charge in [-0.1, -0.05) is 84.9 Å². The molecule has 43 heavy (non-hydrogen) atoms. The number of benzene rings is 4. The Kier molecular flexibility index (Phi) is 10.8. The number of ether oxygens (including phenoxy) is 6. The van der Waals surface area contributed by atoms with Gasteiger partial charge in [-0.05, 0) is 35.4 Å². The van der Waals surface area contributed by atoms with Crippen molar-refractivity contribution in [2.45, 2.75) is 12.2 Å². The standard InChI is InChI=1S/C34H35NO8/c36-33(35-43-23-27-11-3-1-4-12-27)24-42-34(28-13-5-2-6-14-28)25-40-31-17-9-7-15-29(31)38-21-19-37-20-22-39-30-16-8-10-18-32(30)41-26-34/h1-18H,19-26H2,(H,35,36). The molecule has 1 heterocycles. The molecule has 0 aliphatic carbocycles. The average molecular weight is 586 g/mol. The lowest BCUT2D eigenvalue weighted by Crippen LogP contribution is -2.44. The Labute approximate surface area is 251 Å². The maximum absolute atomic E-state index is 12.9. The minimum atomic E-state index is -1.21. The number of carbonyl (C=O) groups excluding carboxylic acids is 1. The molecule has 1 amide bonds. The van der Waals surface area contributed by atoms with E-state index in [9.17, 15) is 4.79 Å². The number of carbonyl (C=O) groups is 1. The number of hydrogen-bond donors (Lipinski definition) is 1. The first kappa shape index (κ1) is 29.9. The number of fused-ring (bicyclic) bond motifs is 2. The maximum atomic E-state index is 12.9. The number of para-hydroxylation sites is 4. The normalized spacial score (nSPS) is 15.3. The van der Waals surface area contributed by atoms with Gasteiger partial charge in [-0.25, -0.2) is 5.48 Å². The number of amides is 1. The van der Waals surface area contributed by atoms with Crippen molar-refractivity contribution in [1.82, 2.24) is 5.48 Å². The average Bonchev–Trinajstić information content (AvgIpc) is 3.05. The summed E-state index contributed by atoms with van der Waals surface area (Å²) in [6.07, 6.45) is 0. The van der Waals surface area contributed by atoms with Crippen LogP contribution in [0.5, 0.6) is 23.0 Å². The molecular weight excluding hydrogens is 550 g/mol. The Morgan fingerprint density at radius 3 is 1.67 bits per heavy atom. The summed E-state index contributed by atoms with van der Waals surface area (Å²) in [4.78, 5) is 18.3. The van der Waals surface area contributed by atoms with Crippen LogP contribution in [0, 0.1) is 0 Å². The van der Waals surface area contributed by atoms with Gasteiger partial charge in [0.25, 0.3) is 5.91 Å². The van der Waals surface area contributed by atoms with E-state index in [1.807, 2.05) is 109 Å². The van der Waals surface area contributed by atoms with Crippen LogP contribution in [-0.2, 0) is 31.3 Å². The summed E-state index contributed by atoms with van der Waals surface area (Å²) in [5.41, 5.74) is 2.95. The SMILES string of the molecule is O=C(COC1(c2ccccc2)COc2ccccc2OCCOCCOc2ccccc2OC1)NOCc1ccccc1. The van der Waals surface area contributed by atoms with E-state index in [1.54, 1.807) is 0 Å². The molecule has 4 aromatic carbocycles. The first-order valence-corrected chi connectivity index (χ1v) is 14.1. The summed E-state index contributed by atoms with van der Waals surface area (Å²) < 4.78 is 36.7. The number of hydroxylamine groups is 1. The molecule has 9 nitrogen and oxygen atoms in total. The van der Waals surface area contributed by atoms with Gasteiger partial charge in [0.2, 0.25) is 0 Å². The fourth-order valence-corrected chi connectivity index (χ4v) is 4.41. The highest BCUT2D eigenvalue weighted by atomic mass is 16.7. The van der Waals surface area contributed by atoms with E-state index in [-0.39, 0.29) is 26.4 Å². The molecule has 224 valence electrons. The van der Waals surface area contributed by atoms with E-state index in [1.165, 1.54) is 0 Å². The van der Waals surface area contributed by atoms with Crippen LogP contribution in [0.4, 0.5) is 0 Å². The Balaban J connectivity index is 1.40. The van der Waals surface area contributed by atoms with Crippen LogP contribution in [0.25, 0.3) is 0 Å². The number of nitrogens with one attached hydrogen (secondary N) is 1. The zero-order chi connectivity index (χ0) is 29.6. The van der Waals surface area contributed by atoms with E-state index in [4.69, 9.17) is 33.3 Å². The number of hydrogen-bond acceptors (Lipinski definition) is 8. The van der Waals surface area contributed by atoms with Crippen molar-refractivity contribution in [3.63, 3.8) is 0 Å². The number of rotatable bonds is 7. The van der Waals surface area contributed by atoms with Gasteiger partial charge in [0.05, 0.1) is 19.8 Å². The van der Waals surface area contributed by atoms with Gasteiger partial charge in [-0.2, -0.15) is 0 Å². The second-order valence-corrected chi connectivity index (χ2v) is 9.73. The molecule has 5 rings (SSSR count). The van der Waals surface area contributed by atoms with E-state index in [2.05, 4.69) is 5.48 Å². The molecule has 4 aromatic rings. The zero-order valence-corrected chi connectivity index (χ0v) is 23.8. The third kappa shape index (κ3) is 8.71. The monoisotopic (exact) mass is 585 g/mol. The Bertz CT molecular complexity index is 1360. The van der Waals surface area contributed by atoms with Crippen molar-refractivity contribution >= 4 is 5.91 Å². The second-order valence-electron chi connectivity index (χ2n) is 9.73. The van der Waals surface area contributed by atoms with Gasteiger partial charge in [0.15, 0.2) is 28.6 Å². The summed E-state index contributed by atoms with van der Waals surface area (Å²) in [5.74, 6) is 1.73. The molecule has 1 aliphatic rings. The summed E-state index contributed by atoms with van der Waals surface area (Å²) >= 11 is 0. The predicted molar refractivity (Wildman–Crippen MR) is 159 cm³/mol. The molecule has 0 saturated heterocycles. The van der Waals surface area contributed by atoms with Crippen molar-refractivity contribution < 1.29 is 38.1 Å². The molecule has 0 radical (unpaired) electrons. The smallest absolute Gasteiger partial charge is 0.269 e. The van der Waals surface area contributed by atoms with Crippen LogP contribution in [0.15, 0.2) is 109 Å². The van der Waals surface area contributed by atoms with E-state index < -0.39 is 11.5 Å². The lowest BCUT2D eigenvalue weighted by Gasteiger charge is -2.34. The molecule has 1 N–H and O–H groups in total. The highest BCUT2D eigenvalue weighted by Gasteiger charge is 2.37. The molecule has 9 heteroatoms. The highest BCUT2D eigenvalue weighted by molar-refractivity contribution is 5.76. The topological polar surface area (TPSA) is 93.7 Å². The molecule has 0 aromatic heterocycles. The summed E-state index contributed by atoms with van der Waals surface area (Å²) in [6.45, 7) is 1.37. The molecule has 0 unspecified atom stereocenters. The Morgan fingerprint density at radius 1 is 0.628 bits per heavy atom. The Hall–Kier alpha value is -4.57. The third-order valence-corrected chi connectivity index (χ3v) is 6.64. The van der Waals surface area contributed by atoms with Crippen LogP contribution in [-0.4, -0.2) is 52.2 Å². The van der Waals surface area contributed by atoms with Crippen molar-refractivity contribution in [3.05, 3.63) is 120 Å². The van der Waals surface area contributed by atoms with Gasteiger partial charge in [-0.3, -0.25) is 9.63 Å². The van der Waals surface area contributed by atoms with Crippen LogP contribution < -0.4 is 24.4 Å². The molecular formula is C34H35NO8. The van der Waals surface area contributed by atoms with Gasteiger partial charge < -0.3 is 28.4 Å². The van der Waals surface area contributed by atoms with Gasteiger partial charge in [-0.15, -0.1) is 0 Å². The minimum absolute atomic E-state index is 0.00899. The van der Waals surface area contributed by atoms with Crippen molar-refractivity contribution in [1.29, 1.82) is 0 Å². The van der Waals surface area contributed by atoms with Crippen molar-refractivity contribution in [2.24, 2.45) is 0 Å². The summed E-state index contributed by atoms with van der Waals surface area (Å²) in [7, 11) is 0. The van der Waals surface area contributed by atoms with Crippen molar-refractivity contribution in [3.8, 4) is 23.0 Å². The molecule has 1 aliphatic heterocycles. The molecule has 0 saturated carbocycles. The van der Waals surface area contributed by atoms with Gasteiger partial charge >= 0.3 is 0 Å². The van der Waals surface area contributed by atoms with E-state index in [0.29, 0.717) is 49.4 Å². The molecule has 0 atom stereocenters. The quantitative estimate of drug-likeness (QED) is 0.300. The fourth-order valence-electron chi connectivity index (χ4n) is 4.41. The lowest BCUT2D eigenvalue weighted by atomic mass is 9.95. The second kappa shape index (κ2) is 15.6. The maximum Gasteiger partial charge on any atom is 0.269 e. The highest BCUT2D eigenvalue weighted by Crippen LogP contribution is 2.34. The van der Waals surface area contributed by atoms with E-state index in [0.717, 1.165) is 11.1 Å². The first-order chi connectivity index (χ1) is 21.2. The van der Waals surface area contributed by atoms with Crippen LogP contribution in [0.2, 0.25) is 0 Å². The van der Waals surface area contributed by atoms with Gasteiger partial charge in [0, 0.05) is 0 Å². The van der Waals surface area contributed by atoms with Crippen LogP contribution >= 0.6 is 0 Å². The predicted octanol–water partition coefficient (Wildman–Crippen LogP) is 5.09. The van der Waals surface area contributed by atoms with E-state index >= 15 is 0 Å². The van der Waals surface area contributed by atoms with Crippen molar-refractivity contribution in [2.75, 3.05) is 46.2 Å². The Morgan fingerprint density at radius 2 is 1.12 bits per heavy atom. The van der Waals surface area contributed by atoms with Crippen LogP contribution in [0.1, 0.15) is 11.1 Å². The molecule has 0 spiro atoms. The first-order valence-electron chi connectivity index (χ1n) is 14.1. The zero-order valence-electron chi connectivity index (χ0n) is 23.8.